The minimum Gasteiger partial charge on any atom is -0.395 e. The van der Waals surface area contributed by atoms with Crippen LogP contribution in [0, 0.1) is 11.8 Å². The zero-order valence-corrected chi connectivity index (χ0v) is 16.7. The van der Waals surface area contributed by atoms with E-state index in [1.165, 1.54) is 12.1 Å². The quantitative estimate of drug-likeness (QED) is 0.737. The van der Waals surface area contributed by atoms with Crippen molar-refractivity contribution in [1.82, 2.24) is 4.90 Å². The molecule has 1 aliphatic heterocycles. The van der Waals surface area contributed by atoms with Crippen LogP contribution >= 0.6 is 0 Å². The summed E-state index contributed by atoms with van der Waals surface area (Å²) < 4.78 is 40.1. The van der Waals surface area contributed by atoms with Gasteiger partial charge in [0.1, 0.15) is 0 Å². The van der Waals surface area contributed by atoms with Crippen molar-refractivity contribution in [3.63, 3.8) is 0 Å². The number of benzene rings is 1. The van der Waals surface area contributed by atoms with Crippen molar-refractivity contribution in [3.8, 4) is 0 Å². The summed E-state index contributed by atoms with van der Waals surface area (Å²) in [6.07, 6.45) is 6.93. The number of aliphatic hydroxyl groups excluding tert-OH is 1. The van der Waals surface area contributed by atoms with Gasteiger partial charge < -0.3 is 10.4 Å². The highest BCUT2D eigenvalue weighted by molar-refractivity contribution is 5.59. The lowest BCUT2D eigenvalue weighted by Gasteiger charge is -2.41. The molecular weight excluding hydrogens is 377 g/mol. The Kier molecular flexibility index (Phi) is 5.76. The van der Waals surface area contributed by atoms with Gasteiger partial charge in [-0.2, -0.15) is 13.2 Å². The topological polar surface area (TPSA) is 35.5 Å². The maximum atomic E-state index is 13.4. The van der Waals surface area contributed by atoms with Gasteiger partial charge in [-0.05, 0) is 61.4 Å². The van der Waals surface area contributed by atoms with E-state index in [1.807, 2.05) is 0 Å². The summed E-state index contributed by atoms with van der Waals surface area (Å²) in [5, 5.41) is 13.0. The Balaban J connectivity index is 1.69. The van der Waals surface area contributed by atoms with Crippen molar-refractivity contribution in [3.05, 3.63) is 53.6 Å². The first kappa shape index (κ1) is 20.5. The van der Waals surface area contributed by atoms with E-state index in [0.717, 1.165) is 37.1 Å². The first-order valence-electron chi connectivity index (χ1n) is 10.6. The Morgan fingerprint density at radius 1 is 1.21 bits per heavy atom. The average Bonchev–Trinajstić information content (AvgIpc) is 3.16. The highest BCUT2D eigenvalue weighted by Crippen LogP contribution is 2.52. The molecule has 0 amide bonds. The predicted octanol–water partition coefficient (Wildman–Crippen LogP) is 4.81. The number of fused-ring (bicyclic) bond motifs is 3. The second-order valence-electron chi connectivity index (χ2n) is 8.43. The molecule has 0 saturated heterocycles. The Bertz CT molecular complexity index is 789. The Morgan fingerprint density at radius 2 is 2.03 bits per heavy atom. The summed E-state index contributed by atoms with van der Waals surface area (Å²) >= 11 is 0. The normalized spacial score (nSPS) is 30.9. The van der Waals surface area contributed by atoms with Crippen LogP contribution in [-0.4, -0.2) is 41.8 Å². The molecule has 2 aliphatic carbocycles. The van der Waals surface area contributed by atoms with Crippen LogP contribution in [0.4, 0.5) is 18.9 Å². The van der Waals surface area contributed by atoms with Gasteiger partial charge in [0.2, 0.25) is 0 Å². The number of anilines is 1. The van der Waals surface area contributed by atoms with E-state index in [4.69, 9.17) is 0 Å². The third-order valence-corrected chi connectivity index (χ3v) is 6.93. The second-order valence-corrected chi connectivity index (χ2v) is 8.43. The number of hydrogen-bond acceptors (Lipinski definition) is 3. The monoisotopic (exact) mass is 406 g/mol. The van der Waals surface area contributed by atoms with Crippen molar-refractivity contribution in [1.29, 1.82) is 0 Å². The van der Waals surface area contributed by atoms with E-state index in [-0.39, 0.29) is 30.5 Å². The molecule has 5 atom stereocenters. The molecule has 29 heavy (non-hydrogen) atoms. The molecule has 2 N–H and O–H groups in total. The lowest BCUT2D eigenvalue weighted by molar-refractivity contribution is -0.137. The summed E-state index contributed by atoms with van der Waals surface area (Å²) in [4.78, 5) is 2.28. The summed E-state index contributed by atoms with van der Waals surface area (Å²) in [6.45, 7) is 3.63. The van der Waals surface area contributed by atoms with Crippen molar-refractivity contribution in [2.45, 2.75) is 50.4 Å². The van der Waals surface area contributed by atoms with E-state index in [2.05, 4.69) is 41.4 Å². The molecule has 1 unspecified atom stereocenters. The fourth-order valence-corrected chi connectivity index (χ4v) is 5.58. The molecule has 1 aromatic rings. The van der Waals surface area contributed by atoms with E-state index in [9.17, 15) is 18.3 Å². The number of likely N-dealkylation sites (N-methyl/N-ethyl adjacent to an activating group) is 1. The van der Waals surface area contributed by atoms with Crippen LogP contribution in [0.5, 0.6) is 0 Å². The zero-order chi connectivity index (χ0) is 20.6. The molecule has 0 bridgehead atoms. The SMILES string of the molecule is CCN(CCO)[C@@H]1C[C@@H]2[C@H](C1)c1cc(C(F)(F)F)ccc1N[C@H]2C1C=CC=CC1. The maximum Gasteiger partial charge on any atom is 0.416 e. The van der Waals surface area contributed by atoms with Crippen molar-refractivity contribution in [2.24, 2.45) is 11.8 Å². The van der Waals surface area contributed by atoms with Gasteiger partial charge in [-0.3, -0.25) is 4.90 Å². The van der Waals surface area contributed by atoms with Crippen molar-refractivity contribution < 1.29 is 18.3 Å². The lowest BCUT2D eigenvalue weighted by atomic mass is 9.73. The molecule has 6 heteroatoms. The number of nitrogens with one attached hydrogen (secondary N) is 1. The van der Waals surface area contributed by atoms with Crippen LogP contribution in [-0.2, 0) is 6.18 Å². The fourth-order valence-electron chi connectivity index (χ4n) is 5.58. The van der Waals surface area contributed by atoms with Gasteiger partial charge in [0.05, 0.1) is 12.2 Å². The number of nitrogens with zero attached hydrogens (tertiary/aromatic N) is 1. The van der Waals surface area contributed by atoms with Gasteiger partial charge in [-0.25, -0.2) is 0 Å². The maximum absolute atomic E-state index is 13.4. The molecule has 1 aromatic carbocycles. The third kappa shape index (κ3) is 3.97. The molecule has 158 valence electrons. The third-order valence-electron chi connectivity index (χ3n) is 6.93. The largest absolute Gasteiger partial charge is 0.416 e. The number of allylic oxidation sites excluding steroid dienone is 3. The number of rotatable bonds is 5. The van der Waals surface area contributed by atoms with Gasteiger partial charge >= 0.3 is 6.18 Å². The van der Waals surface area contributed by atoms with Crippen LogP contribution in [0.2, 0.25) is 0 Å². The Morgan fingerprint density at radius 3 is 2.69 bits per heavy atom. The lowest BCUT2D eigenvalue weighted by Crippen LogP contribution is -2.41. The Labute approximate surface area is 170 Å². The van der Waals surface area contributed by atoms with Crippen LogP contribution in [0.15, 0.2) is 42.5 Å². The first-order chi connectivity index (χ1) is 13.9. The van der Waals surface area contributed by atoms with Gasteiger partial charge in [-0.15, -0.1) is 0 Å². The summed E-state index contributed by atoms with van der Waals surface area (Å²) in [7, 11) is 0. The number of halogens is 3. The van der Waals surface area contributed by atoms with E-state index >= 15 is 0 Å². The number of hydrogen-bond donors (Lipinski definition) is 2. The van der Waals surface area contributed by atoms with Crippen LogP contribution in [0.3, 0.4) is 0 Å². The van der Waals surface area contributed by atoms with E-state index < -0.39 is 11.7 Å². The molecular formula is C23H29F3N2O. The standard InChI is InChI=1S/C23H29F3N2O/c1-2-28(10-11-29)17-13-18-19-12-16(23(24,25)26)8-9-21(19)27-22(20(18)14-17)15-6-4-3-5-7-15/h3-6,8-9,12,15,17-18,20,22,27,29H,2,7,10-11,13-14H2,1H3/t15?,17-,18+,20+,22-/m0/s1. The van der Waals surface area contributed by atoms with Crippen molar-refractivity contribution >= 4 is 5.69 Å². The minimum atomic E-state index is -4.33. The van der Waals surface area contributed by atoms with Crippen LogP contribution < -0.4 is 5.32 Å². The summed E-state index contributed by atoms with van der Waals surface area (Å²) in [5.41, 5.74) is 1.08. The minimum absolute atomic E-state index is 0.103. The molecule has 4 rings (SSSR count). The summed E-state index contributed by atoms with van der Waals surface area (Å²) in [6, 6.07) is 4.66. The molecule has 3 aliphatic rings. The van der Waals surface area contributed by atoms with Gasteiger partial charge in [0.25, 0.3) is 0 Å². The molecule has 3 nitrogen and oxygen atoms in total. The molecule has 0 radical (unpaired) electrons. The smallest absolute Gasteiger partial charge is 0.395 e. The van der Waals surface area contributed by atoms with Crippen LogP contribution in [0.1, 0.15) is 43.2 Å². The second kappa shape index (κ2) is 8.15. The molecule has 0 aromatic heterocycles. The van der Waals surface area contributed by atoms with E-state index in [0.29, 0.717) is 12.5 Å². The summed E-state index contributed by atoms with van der Waals surface area (Å²) in [5.74, 6) is 0.732. The average molecular weight is 406 g/mol. The number of aliphatic hydroxyl groups is 1. The predicted molar refractivity (Wildman–Crippen MR) is 109 cm³/mol. The molecule has 1 heterocycles. The fraction of sp³-hybridized carbons (Fsp3) is 0.565. The van der Waals surface area contributed by atoms with E-state index in [1.54, 1.807) is 6.07 Å². The zero-order valence-electron chi connectivity index (χ0n) is 16.7. The highest BCUT2D eigenvalue weighted by Gasteiger charge is 2.47. The molecule has 1 fully saturated rings. The van der Waals surface area contributed by atoms with Gasteiger partial charge in [-0.1, -0.05) is 31.2 Å². The highest BCUT2D eigenvalue weighted by atomic mass is 19.4. The molecule has 1 saturated carbocycles. The number of alkyl halides is 3. The molecule has 0 spiro atoms. The van der Waals surface area contributed by atoms with Gasteiger partial charge in [0, 0.05) is 30.2 Å². The first-order valence-corrected chi connectivity index (χ1v) is 10.6. The van der Waals surface area contributed by atoms with Crippen LogP contribution in [0.25, 0.3) is 0 Å². The van der Waals surface area contributed by atoms with Crippen molar-refractivity contribution in [2.75, 3.05) is 25.0 Å². The van der Waals surface area contributed by atoms with Gasteiger partial charge in [0.15, 0.2) is 0 Å². The Hall–Kier alpha value is -1.79.